The molecule has 1 aliphatic carbocycles. The van der Waals surface area contributed by atoms with Gasteiger partial charge in [-0.2, -0.15) is 0 Å². The SMILES string of the molecule is N[C@@H](c1ccccc1Cl)[C@H](O)C1CCC1. The van der Waals surface area contributed by atoms with Gasteiger partial charge in [-0.25, -0.2) is 0 Å². The Morgan fingerprint density at radius 1 is 1.33 bits per heavy atom. The smallest absolute Gasteiger partial charge is 0.0761 e. The zero-order chi connectivity index (χ0) is 10.8. The number of hydrogen-bond acceptors (Lipinski definition) is 2. The van der Waals surface area contributed by atoms with Gasteiger partial charge in [-0.15, -0.1) is 0 Å². The zero-order valence-corrected chi connectivity index (χ0v) is 9.32. The van der Waals surface area contributed by atoms with E-state index in [1.165, 1.54) is 6.42 Å². The van der Waals surface area contributed by atoms with Crippen LogP contribution in [0.4, 0.5) is 0 Å². The Morgan fingerprint density at radius 3 is 2.53 bits per heavy atom. The summed E-state index contributed by atoms with van der Waals surface area (Å²) in [4.78, 5) is 0. The van der Waals surface area contributed by atoms with Crippen molar-refractivity contribution in [1.82, 2.24) is 0 Å². The number of rotatable bonds is 3. The molecule has 15 heavy (non-hydrogen) atoms. The van der Waals surface area contributed by atoms with Crippen LogP contribution >= 0.6 is 11.6 Å². The maximum atomic E-state index is 10.0. The summed E-state index contributed by atoms with van der Waals surface area (Å²) in [5.41, 5.74) is 6.86. The minimum atomic E-state index is -0.460. The predicted octanol–water partition coefficient (Wildman–Crippen LogP) is 2.50. The van der Waals surface area contributed by atoms with Crippen molar-refractivity contribution in [2.75, 3.05) is 0 Å². The summed E-state index contributed by atoms with van der Waals surface area (Å²) in [6.07, 6.45) is 2.91. The fourth-order valence-corrected chi connectivity index (χ4v) is 2.27. The lowest BCUT2D eigenvalue weighted by atomic mass is 9.77. The first-order valence-corrected chi connectivity index (χ1v) is 5.76. The molecule has 0 unspecified atom stereocenters. The van der Waals surface area contributed by atoms with Crippen LogP contribution in [0.2, 0.25) is 5.02 Å². The van der Waals surface area contributed by atoms with Crippen LogP contribution in [-0.2, 0) is 0 Å². The molecule has 1 aliphatic rings. The summed E-state index contributed by atoms with van der Waals surface area (Å²) in [6.45, 7) is 0. The van der Waals surface area contributed by atoms with Gasteiger partial charge in [0.05, 0.1) is 12.1 Å². The third-order valence-electron chi connectivity index (χ3n) is 3.27. The van der Waals surface area contributed by atoms with Gasteiger partial charge < -0.3 is 10.8 Å². The van der Waals surface area contributed by atoms with Crippen LogP contribution in [0.3, 0.4) is 0 Å². The first-order chi connectivity index (χ1) is 7.20. The number of aliphatic hydroxyl groups is 1. The Balaban J connectivity index is 2.12. The number of nitrogens with two attached hydrogens (primary N) is 1. The molecule has 0 aliphatic heterocycles. The standard InChI is InChI=1S/C12H16ClNO/c13-10-7-2-1-6-9(10)11(14)12(15)8-4-3-5-8/h1-2,6-8,11-12,15H,3-5,14H2/t11-,12+/m0/s1. The van der Waals surface area contributed by atoms with Crippen LogP contribution in [0.1, 0.15) is 30.9 Å². The third kappa shape index (κ3) is 2.17. The van der Waals surface area contributed by atoms with Crippen LogP contribution in [0.15, 0.2) is 24.3 Å². The molecule has 0 heterocycles. The summed E-state index contributed by atoms with van der Waals surface area (Å²) >= 11 is 6.04. The molecule has 1 aromatic carbocycles. The highest BCUT2D eigenvalue weighted by Gasteiger charge is 2.31. The van der Waals surface area contributed by atoms with Crippen LogP contribution in [0, 0.1) is 5.92 Å². The molecule has 3 N–H and O–H groups in total. The quantitative estimate of drug-likeness (QED) is 0.831. The average molecular weight is 226 g/mol. The molecular formula is C12H16ClNO. The van der Waals surface area contributed by atoms with E-state index in [9.17, 15) is 5.11 Å². The van der Waals surface area contributed by atoms with Gasteiger partial charge in [0.15, 0.2) is 0 Å². The Morgan fingerprint density at radius 2 is 2.00 bits per heavy atom. The molecule has 82 valence electrons. The van der Waals surface area contributed by atoms with Gasteiger partial charge >= 0.3 is 0 Å². The largest absolute Gasteiger partial charge is 0.391 e. The minimum absolute atomic E-state index is 0.357. The second-order valence-electron chi connectivity index (χ2n) is 4.23. The average Bonchev–Trinajstić information content (AvgIpc) is 2.15. The maximum absolute atomic E-state index is 10.0. The normalized spacial score (nSPS) is 20.7. The maximum Gasteiger partial charge on any atom is 0.0761 e. The van der Waals surface area contributed by atoms with Gasteiger partial charge in [-0.05, 0) is 30.4 Å². The number of aliphatic hydroxyl groups excluding tert-OH is 1. The molecule has 0 saturated heterocycles. The second kappa shape index (κ2) is 4.52. The number of hydrogen-bond donors (Lipinski definition) is 2. The highest BCUT2D eigenvalue weighted by atomic mass is 35.5. The molecule has 0 bridgehead atoms. The lowest BCUT2D eigenvalue weighted by Gasteiger charge is -2.34. The Kier molecular flexibility index (Phi) is 3.29. The topological polar surface area (TPSA) is 46.2 Å². The first kappa shape index (κ1) is 10.9. The lowest BCUT2D eigenvalue weighted by molar-refractivity contribution is 0.0414. The zero-order valence-electron chi connectivity index (χ0n) is 8.57. The van der Waals surface area contributed by atoms with E-state index >= 15 is 0 Å². The summed E-state index contributed by atoms with van der Waals surface area (Å²) in [5.74, 6) is 0.358. The van der Waals surface area contributed by atoms with Crippen LogP contribution in [-0.4, -0.2) is 11.2 Å². The van der Waals surface area contributed by atoms with Gasteiger partial charge in [0, 0.05) is 5.02 Å². The van der Waals surface area contributed by atoms with E-state index in [0.717, 1.165) is 18.4 Å². The van der Waals surface area contributed by atoms with Gasteiger partial charge in [0.1, 0.15) is 0 Å². The van der Waals surface area contributed by atoms with Crippen LogP contribution in [0.25, 0.3) is 0 Å². The summed E-state index contributed by atoms with van der Waals surface area (Å²) < 4.78 is 0. The Bertz CT molecular complexity index is 338. The predicted molar refractivity (Wildman–Crippen MR) is 61.7 cm³/mol. The van der Waals surface area contributed by atoms with E-state index in [1.54, 1.807) is 0 Å². The summed E-state index contributed by atoms with van der Waals surface area (Å²) in [7, 11) is 0. The number of halogens is 1. The van der Waals surface area contributed by atoms with Gasteiger partial charge in [-0.1, -0.05) is 36.2 Å². The van der Waals surface area contributed by atoms with Gasteiger partial charge in [0.25, 0.3) is 0 Å². The van der Waals surface area contributed by atoms with E-state index in [4.69, 9.17) is 17.3 Å². The molecule has 1 fully saturated rings. The van der Waals surface area contributed by atoms with Crippen molar-refractivity contribution in [1.29, 1.82) is 0 Å². The monoisotopic (exact) mass is 225 g/mol. The Hall–Kier alpha value is -0.570. The summed E-state index contributed by atoms with van der Waals surface area (Å²) in [5, 5.41) is 10.7. The molecular weight excluding hydrogens is 210 g/mol. The third-order valence-corrected chi connectivity index (χ3v) is 3.61. The molecule has 0 amide bonds. The molecule has 0 aromatic heterocycles. The molecule has 0 spiro atoms. The fourth-order valence-electron chi connectivity index (χ4n) is 2.00. The highest BCUT2D eigenvalue weighted by molar-refractivity contribution is 6.31. The van der Waals surface area contributed by atoms with Crippen molar-refractivity contribution < 1.29 is 5.11 Å². The van der Waals surface area contributed by atoms with Crippen molar-refractivity contribution in [3.8, 4) is 0 Å². The molecule has 3 heteroatoms. The van der Waals surface area contributed by atoms with E-state index in [0.29, 0.717) is 10.9 Å². The lowest BCUT2D eigenvalue weighted by Crippen LogP contribution is -2.36. The van der Waals surface area contributed by atoms with Crippen LogP contribution < -0.4 is 5.73 Å². The Labute approximate surface area is 95.1 Å². The van der Waals surface area contributed by atoms with Crippen molar-refractivity contribution in [2.24, 2.45) is 11.7 Å². The summed E-state index contributed by atoms with van der Waals surface area (Å²) in [6, 6.07) is 7.10. The van der Waals surface area contributed by atoms with E-state index in [2.05, 4.69) is 0 Å². The van der Waals surface area contributed by atoms with Gasteiger partial charge in [0.2, 0.25) is 0 Å². The molecule has 0 radical (unpaired) electrons. The molecule has 1 aromatic rings. The molecule has 2 atom stereocenters. The first-order valence-electron chi connectivity index (χ1n) is 5.38. The minimum Gasteiger partial charge on any atom is -0.391 e. The van der Waals surface area contributed by atoms with E-state index in [1.807, 2.05) is 24.3 Å². The number of benzene rings is 1. The van der Waals surface area contributed by atoms with Crippen LogP contribution in [0.5, 0.6) is 0 Å². The van der Waals surface area contributed by atoms with E-state index in [-0.39, 0.29) is 6.04 Å². The van der Waals surface area contributed by atoms with Crippen molar-refractivity contribution in [2.45, 2.75) is 31.4 Å². The highest BCUT2D eigenvalue weighted by Crippen LogP contribution is 2.35. The van der Waals surface area contributed by atoms with Crippen molar-refractivity contribution in [3.05, 3.63) is 34.9 Å². The molecule has 1 saturated carbocycles. The van der Waals surface area contributed by atoms with E-state index < -0.39 is 6.10 Å². The van der Waals surface area contributed by atoms with Crippen molar-refractivity contribution in [3.63, 3.8) is 0 Å². The van der Waals surface area contributed by atoms with Gasteiger partial charge in [-0.3, -0.25) is 0 Å². The molecule has 2 rings (SSSR count). The fraction of sp³-hybridized carbons (Fsp3) is 0.500. The molecule has 2 nitrogen and oxygen atoms in total. The second-order valence-corrected chi connectivity index (χ2v) is 4.64. The van der Waals surface area contributed by atoms with Crippen molar-refractivity contribution >= 4 is 11.6 Å².